The van der Waals surface area contributed by atoms with Gasteiger partial charge in [-0.25, -0.2) is 0 Å². The summed E-state index contributed by atoms with van der Waals surface area (Å²) in [5.41, 5.74) is 0.956. The van der Waals surface area contributed by atoms with Crippen molar-refractivity contribution in [1.29, 1.82) is 0 Å². The number of ketones is 1. The summed E-state index contributed by atoms with van der Waals surface area (Å²) in [6.45, 7) is 4.16. The molecule has 2 fully saturated rings. The van der Waals surface area contributed by atoms with Gasteiger partial charge >= 0.3 is 25.0 Å². The Kier molecular flexibility index (Phi) is 23.2. The molecule has 2 aliphatic heterocycles. The van der Waals surface area contributed by atoms with Crippen LogP contribution in [0.5, 0.6) is 0 Å². The molecule has 1 radical (unpaired) electrons. The fourth-order valence-electron chi connectivity index (χ4n) is 6.89. The Morgan fingerprint density at radius 3 is 1.68 bits per heavy atom. The van der Waals surface area contributed by atoms with Gasteiger partial charge in [-0.1, -0.05) is 6.42 Å². The largest absolute Gasteiger partial charge is 0.480 e. The number of rotatable bonds is 21. The van der Waals surface area contributed by atoms with Crippen LogP contribution in [0, 0.1) is 0 Å². The van der Waals surface area contributed by atoms with Crippen LogP contribution in [0.3, 0.4) is 0 Å². The van der Waals surface area contributed by atoms with Crippen LogP contribution in [0.2, 0.25) is 0 Å². The summed E-state index contributed by atoms with van der Waals surface area (Å²) >= 11 is 0. The van der Waals surface area contributed by atoms with Crippen molar-refractivity contribution in [2.45, 2.75) is 57.4 Å². The standard InChI is InChI=1S/C37H59BN8O12.Cu/c1-27(37(56)46-13-5-7-31(46)38(57)58)41-36(55)28-8-10-29(11-9-28)40-22-30(47)6-3-2-4-12-39-32(48)23-42-14-16-43(24-33(49)50)18-20-45(26-35(53)54)21-19-44(17-15-42)25-34(51)52;/h8-11,27,31,40,57-58H,2-7,12-26H2,1H3,(H,39,48)(H,41,55)(H,49,50)(H,51,52)(H,53,54);/t27-,31+;/m1./s1. The van der Waals surface area contributed by atoms with Crippen molar-refractivity contribution in [3.8, 4) is 0 Å². The monoisotopic (exact) mass is 881 g/mol. The van der Waals surface area contributed by atoms with Gasteiger partial charge in [-0.2, -0.15) is 0 Å². The van der Waals surface area contributed by atoms with Gasteiger partial charge in [-0.05, 0) is 56.9 Å². The van der Waals surface area contributed by atoms with Crippen LogP contribution in [0.25, 0.3) is 0 Å². The van der Waals surface area contributed by atoms with Crippen LogP contribution in [0.4, 0.5) is 5.69 Å². The Bertz CT molecular complexity index is 1510. The SMILES string of the molecule is C[C@@H](NC(=O)c1ccc(NCC(=O)CCCCCNC(=O)CN2CCN(CC(=O)O)CCN(CC(=O)O)CCN(CC(=O)O)CC2)cc1)C(=O)N1CCC[C@H]1B(O)O.[Cu]. The number of benzene rings is 1. The van der Waals surface area contributed by atoms with Crippen LogP contribution < -0.4 is 16.0 Å². The molecule has 0 aromatic heterocycles. The molecule has 1 aromatic carbocycles. The van der Waals surface area contributed by atoms with E-state index in [1.54, 1.807) is 45.9 Å². The Labute approximate surface area is 355 Å². The number of likely N-dealkylation sites (tertiary alicyclic amines) is 1. The Balaban J connectivity index is 0.0000120. The van der Waals surface area contributed by atoms with Gasteiger partial charge in [-0.3, -0.25) is 53.2 Å². The van der Waals surface area contributed by atoms with Gasteiger partial charge in [-0.15, -0.1) is 0 Å². The van der Waals surface area contributed by atoms with Gasteiger partial charge in [0.05, 0.1) is 38.7 Å². The maximum Gasteiger partial charge on any atom is 0.475 e. The molecular weight excluding hydrogens is 823 g/mol. The molecule has 0 spiro atoms. The van der Waals surface area contributed by atoms with Gasteiger partial charge in [0.25, 0.3) is 5.91 Å². The van der Waals surface area contributed by atoms with Crippen molar-refractivity contribution in [1.82, 2.24) is 35.1 Å². The first-order chi connectivity index (χ1) is 27.6. The molecule has 3 amide bonds. The first kappa shape index (κ1) is 51.0. The maximum atomic E-state index is 12.9. The molecular formula is C37H59BCuN8O12. The molecule has 1 aromatic rings. The predicted octanol–water partition coefficient (Wildman–Crippen LogP) is -2.06. The third kappa shape index (κ3) is 19.6. The van der Waals surface area contributed by atoms with E-state index in [-0.39, 0.29) is 93.6 Å². The van der Waals surface area contributed by atoms with E-state index in [1.807, 2.05) is 4.90 Å². The number of carboxylic acids is 3. The first-order valence-electron chi connectivity index (χ1n) is 19.8. The number of carbonyl (C=O) groups excluding carboxylic acids is 4. The number of anilines is 1. The minimum Gasteiger partial charge on any atom is -0.480 e. The van der Waals surface area contributed by atoms with Crippen molar-refractivity contribution in [3.05, 3.63) is 29.8 Å². The molecule has 3 rings (SSSR count). The maximum absolute atomic E-state index is 12.9. The zero-order valence-electron chi connectivity index (χ0n) is 33.5. The molecule has 20 nitrogen and oxygen atoms in total. The zero-order valence-corrected chi connectivity index (χ0v) is 34.5. The van der Waals surface area contributed by atoms with Crippen LogP contribution in [0.15, 0.2) is 24.3 Å². The van der Waals surface area contributed by atoms with Gasteiger partial charge < -0.3 is 46.2 Å². The van der Waals surface area contributed by atoms with E-state index < -0.39 is 42.9 Å². The summed E-state index contributed by atoms with van der Waals surface area (Å²) in [6, 6.07) is 5.60. The third-order valence-electron chi connectivity index (χ3n) is 10.1. The molecule has 0 aliphatic carbocycles. The number of carboxylic acid groups (broad SMARTS) is 3. The van der Waals surface area contributed by atoms with E-state index in [9.17, 15) is 58.9 Å². The Morgan fingerprint density at radius 2 is 1.20 bits per heavy atom. The van der Waals surface area contributed by atoms with Gasteiger partial charge in [0.1, 0.15) is 6.04 Å². The van der Waals surface area contributed by atoms with Crippen LogP contribution in [0.1, 0.15) is 55.8 Å². The molecule has 333 valence electrons. The average molecular weight is 882 g/mol. The quantitative estimate of drug-likeness (QED) is 0.0487. The fourth-order valence-corrected chi connectivity index (χ4v) is 6.89. The first-order valence-corrected chi connectivity index (χ1v) is 19.8. The fraction of sp³-hybridized carbons (Fsp3) is 0.649. The van der Waals surface area contributed by atoms with E-state index in [4.69, 9.17) is 0 Å². The van der Waals surface area contributed by atoms with Crippen LogP contribution >= 0.6 is 0 Å². The minimum absolute atomic E-state index is 0. The molecule has 59 heavy (non-hydrogen) atoms. The van der Waals surface area contributed by atoms with Crippen molar-refractivity contribution < 1.29 is 76.0 Å². The van der Waals surface area contributed by atoms with Crippen molar-refractivity contribution in [2.24, 2.45) is 0 Å². The van der Waals surface area contributed by atoms with E-state index in [0.717, 1.165) is 0 Å². The normalized spacial score (nSPS) is 18.0. The summed E-state index contributed by atoms with van der Waals surface area (Å²) in [5.74, 6) is -4.87. The van der Waals surface area contributed by atoms with Crippen LogP contribution in [-0.2, 0) is 45.8 Å². The number of amides is 3. The average Bonchev–Trinajstić information content (AvgIpc) is 3.66. The third-order valence-corrected chi connectivity index (χ3v) is 10.1. The number of hydrogen-bond acceptors (Lipinski definition) is 14. The van der Waals surface area contributed by atoms with E-state index >= 15 is 0 Å². The van der Waals surface area contributed by atoms with Crippen molar-refractivity contribution in [3.63, 3.8) is 0 Å². The Morgan fingerprint density at radius 1 is 0.712 bits per heavy atom. The minimum atomic E-state index is -1.64. The number of aliphatic carboxylic acids is 3. The number of nitrogens with one attached hydrogen (secondary N) is 3. The number of nitrogens with zero attached hydrogens (tertiary/aromatic N) is 5. The summed E-state index contributed by atoms with van der Waals surface area (Å²) in [5, 5.41) is 55.8. The van der Waals surface area contributed by atoms with E-state index in [2.05, 4.69) is 16.0 Å². The number of unbranched alkanes of at least 4 members (excludes halogenated alkanes) is 2. The molecule has 8 N–H and O–H groups in total. The molecule has 0 unspecified atom stereocenters. The zero-order chi connectivity index (χ0) is 42.6. The predicted molar refractivity (Wildman–Crippen MR) is 212 cm³/mol. The molecule has 0 saturated carbocycles. The number of carbonyl (C=O) groups is 7. The molecule has 2 atom stereocenters. The van der Waals surface area contributed by atoms with Crippen LogP contribution in [-0.4, -0.2) is 209 Å². The smallest absolute Gasteiger partial charge is 0.475 e. The Hall–Kier alpha value is -4.15. The second-order valence-electron chi connectivity index (χ2n) is 14.8. The van der Waals surface area contributed by atoms with Gasteiger partial charge in [0.2, 0.25) is 11.8 Å². The van der Waals surface area contributed by atoms with Gasteiger partial charge in [0, 0.05) is 100 Å². The summed E-state index contributed by atoms with van der Waals surface area (Å²) < 4.78 is 0. The molecule has 2 heterocycles. The number of hydrogen-bond donors (Lipinski definition) is 8. The molecule has 22 heteroatoms. The summed E-state index contributed by atoms with van der Waals surface area (Å²) in [7, 11) is -1.64. The van der Waals surface area contributed by atoms with E-state index in [0.29, 0.717) is 89.0 Å². The second kappa shape index (κ2) is 26.9. The molecule has 0 bridgehead atoms. The summed E-state index contributed by atoms with van der Waals surface area (Å²) in [6.07, 6.45) is 3.43. The van der Waals surface area contributed by atoms with Crippen molar-refractivity contribution >= 4 is 54.2 Å². The topological polar surface area (TPSA) is 273 Å². The second-order valence-corrected chi connectivity index (χ2v) is 14.8. The summed E-state index contributed by atoms with van der Waals surface area (Å²) in [4.78, 5) is 93.6. The van der Waals surface area contributed by atoms with Gasteiger partial charge in [0.15, 0.2) is 5.78 Å². The molecule has 2 saturated heterocycles. The van der Waals surface area contributed by atoms with E-state index in [1.165, 1.54) is 4.90 Å². The molecule has 2 aliphatic rings. The van der Waals surface area contributed by atoms with Crippen molar-refractivity contribution in [2.75, 3.05) is 103 Å². The number of Topliss-reactive ketones (excluding diaryl/α,β-unsaturated/α-hetero) is 1.